The molecule has 0 aliphatic carbocycles. The molecule has 0 amide bonds. The number of quaternary nitrogens is 1. The largest absolute Gasteiger partial charge is 0.472 e. The Kier molecular flexibility index (Phi) is 22.0. The highest BCUT2D eigenvalue weighted by Gasteiger charge is 2.24. The molecule has 2 atom stereocenters. The summed E-state index contributed by atoms with van der Waals surface area (Å²) >= 11 is 1.95. The summed E-state index contributed by atoms with van der Waals surface area (Å²) in [7, 11) is 2.13. The molecule has 7 heteroatoms. The zero-order valence-electron chi connectivity index (χ0n) is 22.7. The summed E-state index contributed by atoms with van der Waals surface area (Å²) in [5, 5.41) is 0. The van der Waals surface area contributed by atoms with Gasteiger partial charge in [-0.2, -0.15) is 11.8 Å². The first-order valence-electron chi connectivity index (χ1n) is 13.7. The highest BCUT2D eigenvalue weighted by Crippen LogP contribution is 2.43. The number of unbranched alkanes of at least 4 members (excludes halogenated alkanes) is 13. The highest BCUT2D eigenvalue weighted by atomic mass is 32.2. The van der Waals surface area contributed by atoms with Gasteiger partial charge in [-0.15, -0.1) is 0 Å². The van der Waals surface area contributed by atoms with Gasteiger partial charge in [0.1, 0.15) is 13.2 Å². The maximum atomic E-state index is 12.0. The third-order valence-corrected chi connectivity index (χ3v) is 8.33. The van der Waals surface area contributed by atoms with E-state index in [9.17, 15) is 9.46 Å². The number of phosphoric ester groups is 1. The monoisotopic (exact) mass is 510 g/mol. The number of likely N-dealkylation sites (N-methyl/N-ethyl adjacent to an activating group) is 1. The van der Waals surface area contributed by atoms with Gasteiger partial charge in [-0.3, -0.25) is 9.05 Å². The van der Waals surface area contributed by atoms with Crippen molar-refractivity contribution in [3.63, 3.8) is 0 Å². The average Bonchev–Trinajstić information content (AvgIpc) is 2.74. The topological polar surface area (TPSA) is 55.8 Å². The number of hydrogen-bond donors (Lipinski definition) is 1. The molecular formula is C26H57NO4PS+. The predicted molar refractivity (Wildman–Crippen MR) is 146 cm³/mol. The van der Waals surface area contributed by atoms with Gasteiger partial charge in [-0.05, 0) is 23.8 Å². The van der Waals surface area contributed by atoms with E-state index in [0.717, 1.165) is 12.2 Å². The van der Waals surface area contributed by atoms with Crippen LogP contribution in [0.1, 0.15) is 110 Å². The minimum atomic E-state index is -3.94. The fourth-order valence-electron chi connectivity index (χ4n) is 3.60. The van der Waals surface area contributed by atoms with Crippen LogP contribution in [0.15, 0.2) is 0 Å². The van der Waals surface area contributed by atoms with Crippen molar-refractivity contribution in [3.05, 3.63) is 0 Å². The second-order valence-electron chi connectivity index (χ2n) is 10.6. The predicted octanol–water partition coefficient (Wildman–Crippen LogP) is 8.07. The standard InChI is InChI=1S/C26H56NO4PS/c1-6-8-9-10-11-12-13-14-15-16-17-18-19-20-23-33-25-26(7-2)24-31-32(28,29)30-22-21-27(3,4)5/h26H,6-25H2,1-5H3/p+1. The lowest BCUT2D eigenvalue weighted by atomic mass is 10.0. The van der Waals surface area contributed by atoms with Crippen molar-refractivity contribution < 1.29 is 23.0 Å². The molecule has 5 nitrogen and oxygen atoms in total. The molecule has 0 heterocycles. The zero-order chi connectivity index (χ0) is 24.8. The van der Waals surface area contributed by atoms with Gasteiger partial charge in [-0.25, -0.2) is 4.57 Å². The quantitative estimate of drug-likeness (QED) is 0.0764. The van der Waals surface area contributed by atoms with Crippen LogP contribution < -0.4 is 0 Å². The molecule has 1 N–H and O–H groups in total. The van der Waals surface area contributed by atoms with Gasteiger partial charge < -0.3 is 9.38 Å². The molecule has 2 unspecified atom stereocenters. The van der Waals surface area contributed by atoms with Gasteiger partial charge >= 0.3 is 7.82 Å². The Morgan fingerprint density at radius 3 is 1.73 bits per heavy atom. The van der Waals surface area contributed by atoms with Crippen molar-refractivity contribution >= 4 is 19.6 Å². The van der Waals surface area contributed by atoms with E-state index in [1.165, 1.54) is 95.6 Å². The van der Waals surface area contributed by atoms with Crippen LogP contribution in [0, 0.1) is 5.92 Å². The minimum Gasteiger partial charge on any atom is -0.329 e. The molecule has 0 spiro atoms. The molecule has 0 saturated heterocycles. The smallest absolute Gasteiger partial charge is 0.329 e. The summed E-state index contributed by atoms with van der Waals surface area (Å²) in [6.45, 7) is 5.58. The molecule has 200 valence electrons. The summed E-state index contributed by atoms with van der Waals surface area (Å²) in [5.74, 6) is 2.45. The molecular weight excluding hydrogens is 453 g/mol. The second-order valence-corrected chi connectivity index (χ2v) is 13.2. The van der Waals surface area contributed by atoms with E-state index in [-0.39, 0.29) is 6.61 Å². The Bertz CT molecular complexity index is 474. The van der Waals surface area contributed by atoms with E-state index in [4.69, 9.17) is 9.05 Å². The number of hydrogen-bond acceptors (Lipinski definition) is 4. The van der Waals surface area contributed by atoms with Gasteiger partial charge in [0.15, 0.2) is 0 Å². The van der Waals surface area contributed by atoms with Gasteiger partial charge in [0.05, 0.1) is 27.7 Å². The van der Waals surface area contributed by atoms with E-state index in [1.54, 1.807) is 0 Å². The summed E-state index contributed by atoms with van der Waals surface area (Å²) in [5.41, 5.74) is 0. The molecule has 0 aliphatic rings. The number of thioether (sulfide) groups is 1. The fraction of sp³-hybridized carbons (Fsp3) is 1.00. The Balaban J connectivity index is 3.53. The first kappa shape index (κ1) is 33.4. The minimum absolute atomic E-state index is 0.224. The highest BCUT2D eigenvalue weighted by molar-refractivity contribution is 7.99. The van der Waals surface area contributed by atoms with Crippen LogP contribution in [-0.2, 0) is 13.6 Å². The fourth-order valence-corrected chi connectivity index (χ4v) is 5.63. The maximum Gasteiger partial charge on any atom is 0.472 e. The molecule has 0 rings (SSSR count). The van der Waals surface area contributed by atoms with Gasteiger partial charge in [0.25, 0.3) is 0 Å². The van der Waals surface area contributed by atoms with E-state index in [2.05, 4.69) is 13.8 Å². The number of rotatable bonds is 25. The normalized spacial score (nSPS) is 15.0. The van der Waals surface area contributed by atoms with Gasteiger partial charge in [0.2, 0.25) is 0 Å². The van der Waals surface area contributed by atoms with E-state index >= 15 is 0 Å². The molecule has 0 bridgehead atoms. The molecule has 0 radical (unpaired) electrons. The maximum absolute atomic E-state index is 12.0. The summed E-state index contributed by atoms with van der Waals surface area (Å²) < 4.78 is 23.1. The van der Waals surface area contributed by atoms with Crippen molar-refractivity contribution in [1.82, 2.24) is 0 Å². The Morgan fingerprint density at radius 1 is 0.788 bits per heavy atom. The molecule has 0 saturated carbocycles. The number of phosphoric acid groups is 1. The van der Waals surface area contributed by atoms with Crippen LogP contribution in [-0.4, -0.2) is 61.8 Å². The molecule has 0 aliphatic heterocycles. The molecule has 0 aromatic rings. The van der Waals surface area contributed by atoms with E-state index < -0.39 is 7.82 Å². The molecule has 0 fully saturated rings. The molecule has 0 aromatic heterocycles. The Morgan fingerprint density at radius 2 is 1.27 bits per heavy atom. The lowest BCUT2D eigenvalue weighted by Gasteiger charge is -2.24. The Hall–Kier alpha value is 0.420. The van der Waals surface area contributed by atoms with E-state index in [0.29, 0.717) is 23.6 Å². The lowest BCUT2D eigenvalue weighted by Crippen LogP contribution is -2.37. The van der Waals surface area contributed by atoms with Crippen molar-refractivity contribution in [1.29, 1.82) is 0 Å². The van der Waals surface area contributed by atoms with Gasteiger partial charge in [-0.1, -0.05) is 104 Å². The van der Waals surface area contributed by atoms with Crippen LogP contribution >= 0.6 is 19.6 Å². The van der Waals surface area contributed by atoms with Crippen LogP contribution in [0.25, 0.3) is 0 Å². The van der Waals surface area contributed by atoms with Crippen LogP contribution in [0.4, 0.5) is 0 Å². The first-order chi connectivity index (χ1) is 15.7. The molecule has 33 heavy (non-hydrogen) atoms. The SMILES string of the molecule is CCCCCCCCCCCCCCCCSCC(CC)COP(=O)(O)OCC[N+](C)(C)C. The number of nitrogens with zero attached hydrogens (tertiary/aromatic N) is 1. The van der Waals surface area contributed by atoms with Crippen molar-refractivity contribution in [3.8, 4) is 0 Å². The van der Waals surface area contributed by atoms with Crippen molar-refractivity contribution in [2.75, 3.05) is 52.4 Å². The van der Waals surface area contributed by atoms with Crippen LogP contribution in [0.2, 0.25) is 0 Å². The lowest BCUT2D eigenvalue weighted by molar-refractivity contribution is -0.870. The summed E-state index contributed by atoms with van der Waals surface area (Å²) in [4.78, 5) is 9.87. The van der Waals surface area contributed by atoms with Crippen molar-refractivity contribution in [2.24, 2.45) is 5.92 Å². The van der Waals surface area contributed by atoms with Crippen LogP contribution in [0.5, 0.6) is 0 Å². The summed E-state index contributed by atoms with van der Waals surface area (Å²) in [6, 6.07) is 0. The molecule has 0 aromatic carbocycles. The Labute approximate surface area is 211 Å². The zero-order valence-corrected chi connectivity index (χ0v) is 24.4. The van der Waals surface area contributed by atoms with Crippen molar-refractivity contribution in [2.45, 2.75) is 110 Å². The summed E-state index contributed by atoms with van der Waals surface area (Å²) in [6.07, 6.45) is 20.4. The van der Waals surface area contributed by atoms with Gasteiger partial charge in [0, 0.05) is 0 Å². The van der Waals surface area contributed by atoms with E-state index in [1.807, 2.05) is 32.9 Å². The third-order valence-electron chi connectivity index (χ3n) is 6.06. The first-order valence-corrected chi connectivity index (χ1v) is 16.3. The third kappa shape index (κ3) is 25.3. The van der Waals surface area contributed by atoms with Crippen LogP contribution in [0.3, 0.4) is 0 Å². The average molecular weight is 511 g/mol. The second kappa shape index (κ2) is 21.7.